The average molecular weight is 325 g/mol. The zero-order valence-corrected chi connectivity index (χ0v) is 13.5. The summed E-state index contributed by atoms with van der Waals surface area (Å²) in [6.45, 7) is 1.58. The maximum absolute atomic E-state index is 12.4. The second kappa shape index (κ2) is 6.59. The maximum atomic E-state index is 12.4. The molecule has 0 atom stereocenters. The minimum atomic E-state index is -0.215. The summed E-state index contributed by atoms with van der Waals surface area (Å²) in [5.41, 5.74) is 1.74. The molecule has 0 unspecified atom stereocenters. The SMILES string of the molecule is FCCC1CCN(c2ncc(-c3cc4ccccc4o3)cn2)CC1. The Bertz CT molecular complexity index is 774. The third-order valence-corrected chi connectivity index (χ3v) is 4.76. The molecule has 1 aliphatic heterocycles. The second-order valence-electron chi connectivity index (χ2n) is 6.33. The highest BCUT2D eigenvalue weighted by atomic mass is 19.1. The number of piperidine rings is 1. The number of nitrogens with zero attached hydrogens (tertiary/aromatic N) is 3. The van der Waals surface area contributed by atoms with E-state index in [0.29, 0.717) is 12.3 Å². The number of furan rings is 1. The van der Waals surface area contributed by atoms with Crippen LogP contribution >= 0.6 is 0 Å². The van der Waals surface area contributed by atoms with Gasteiger partial charge in [-0.3, -0.25) is 4.39 Å². The van der Waals surface area contributed by atoms with Crippen LogP contribution in [-0.4, -0.2) is 29.7 Å². The van der Waals surface area contributed by atoms with Crippen molar-refractivity contribution in [3.8, 4) is 11.3 Å². The minimum absolute atomic E-state index is 0.215. The monoisotopic (exact) mass is 325 g/mol. The van der Waals surface area contributed by atoms with Crippen LogP contribution in [-0.2, 0) is 0 Å². The Morgan fingerprint density at radius 3 is 2.58 bits per heavy atom. The lowest BCUT2D eigenvalue weighted by molar-refractivity contribution is 0.331. The standard InChI is InChI=1S/C19H20FN3O/c20-8-5-14-6-9-23(10-7-14)19-21-12-16(13-22-19)18-11-15-3-1-2-4-17(15)24-18/h1-4,11-14H,5-10H2. The van der Waals surface area contributed by atoms with Gasteiger partial charge < -0.3 is 9.32 Å². The van der Waals surface area contributed by atoms with Gasteiger partial charge in [0.1, 0.15) is 11.3 Å². The van der Waals surface area contributed by atoms with E-state index in [0.717, 1.165) is 54.2 Å². The van der Waals surface area contributed by atoms with Gasteiger partial charge in [0.05, 0.1) is 12.2 Å². The molecule has 0 saturated carbocycles. The van der Waals surface area contributed by atoms with Gasteiger partial charge >= 0.3 is 0 Å². The molecule has 0 amide bonds. The lowest BCUT2D eigenvalue weighted by Gasteiger charge is -2.31. The predicted molar refractivity (Wildman–Crippen MR) is 92.8 cm³/mol. The molecule has 3 heterocycles. The van der Waals surface area contributed by atoms with Crippen LogP contribution in [0.15, 0.2) is 47.1 Å². The third kappa shape index (κ3) is 2.98. The number of aromatic nitrogens is 2. The van der Waals surface area contributed by atoms with Crippen molar-refractivity contribution in [3.63, 3.8) is 0 Å². The van der Waals surface area contributed by atoms with Gasteiger partial charge in [0.2, 0.25) is 5.95 Å². The van der Waals surface area contributed by atoms with E-state index in [2.05, 4.69) is 14.9 Å². The van der Waals surface area contributed by atoms with Crippen molar-refractivity contribution in [2.24, 2.45) is 5.92 Å². The molecule has 1 aliphatic rings. The first kappa shape index (κ1) is 15.1. The van der Waals surface area contributed by atoms with Gasteiger partial charge in [-0.2, -0.15) is 0 Å². The summed E-state index contributed by atoms with van der Waals surface area (Å²) in [4.78, 5) is 11.2. The summed E-state index contributed by atoms with van der Waals surface area (Å²) < 4.78 is 18.3. The van der Waals surface area contributed by atoms with E-state index in [-0.39, 0.29) is 6.67 Å². The van der Waals surface area contributed by atoms with E-state index < -0.39 is 0 Å². The Morgan fingerprint density at radius 1 is 1.12 bits per heavy atom. The van der Waals surface area contributed by atoms with Crippen LogP contribution in [0.5, 0.6) is 0 Å². The van der Waals surface area contributed by atoms with Gasteiger partial charge in [0.25, 0.3) is 0 Å². The fourth-order valence-corrected chi connectivity index (χ4v) is 3.31. The Kier molecular flexibility index (Phi) is 4.15. The van der Waals surface area contributed by atoms with Crippen molar-refractivity contribution < 1.29 is 8.81 Å². The number of hydrogen-bond donors (Lipinski definition) is 0. The molecule has 1 saturated heterocycles. The second-order valence-corrected chi connectivity index (χ2v) is 6.33. The largest absolute Gasteiger partial charge is 0.456 e. The van der Waals surface area contributed by atoms with Gasteiger partial charge in [-0.05, 0) is 37.3 Å². The lowest BCUT2D eigenvalue weighted by Crippen LogP contribution is -2.34. The van der Waals surface area contributed by atoms with Crippen molar-refractivity contribution in [1.29, 1.82) is 0 Å². The van der Waals surface area contributed by atoms with Gasteiger partial charge in [-0.1, -0.05) is 18.2 Å². The summed E-state index contributed by atoms with van der Waals surface area (Å²) in [5.74, 6) is 2.03. The third-order valence-electron chi connectivity index (χ3n) is 4.76. The number of hydrogen-bond acceptors (Lipinski definition) is 4. The van der Waals surface area contributed by atoms with Gasteiger partial charge in [0, 0.05) is 30.9 Å². The summed E-state index contributed by atoms with van der Waals surface area (Å²) in [7, 11) is 0. The minimum Gasteiger partial charge on any atom is -0.456 e. The van der Waals surface area contributed by atoms with Gasteiger partial charge in [-0.25, -0.2) is 9.97 Å². The van der Waals surface area contributed by atoms with E-state index in [4.69, 9.17) is 4.42 Å². The fourth-order valence-electron chi connectivity index (χ4n) is 3.31. The van der Waals surface area contributed by atoms with E-state index >= 15 is 0 Å². The maximum Gasteiger partial charge on any atom is 0.225 e. The molecule has 0 spiro atoms. The lowest BCUT2D eigenvalue weighted by atomic mass is 9.94. The van der Waals surface area contributed by atoms with Crippen molar-refractivity contribution >= 4 is 16.9 Å². The molecule has 5 heteroatoms. The number of alkyl halides is 1. The Hall–Kier alpha value is -2.43. The Labute approximate surface area is 140 Å². The first-order chi connectivity index (χ1) is 11.8. The number of rotatable bonds is 4. The van der Waals surface area contributed by atoms with E-state index in [9.17, 15) is 4.39 Å². The fraction of sp³-hybridized carbons (Fsp3) is 0.368. The molecule has 0 aliphatic carbocycles. The van der Waals surface area contributed by atoms with Crippen LogP contribution < -0.4 is 4.90 Å². The highest BCUT2D eigenvalue weighted by Crippen LogP contribution is 2.28. The molecule has 24 heavy (non-hydrogen) atoms. The molecule has 4 rings (SSSR count). The summed E-state index contributed by atoms with van der Waals surface area (Å²) in [6.07, 6.45) is 6.33. The number of fused-ring (bicyclic) bond motifs is 1. The Morgan fingerprint density at radius 2 is 1.88 bits per heavy atom. The van der Waals surface area contributed by atoms with Crippen molar-refractivity contribution in [2.75, 3.05) is 24.7 Å². The highest BCUT2D eigenvalue weighted by Gasteiger charge is 2.20. The van der Waals surface area contributed by atoms with Crippen LogP contribution in [0.25, 0.3) is 22.3 Å². The molecule has 1 fully saturated rings. The van der Waals surface area contributed by atoms with Crippen LogP contribution in [0.2, 0.25) is 0 Å². The number of anilines is 1. The van der Waals surface area contributed by atoms with Crippen LogP contribution in [0.3, 0.4) is 0 Å². The van der Waals surface area contributed by atoms with Gasteiger partial charge in [0.15, 0.2) is 0 Å². The predicted octanol–water partition coefficient (Wildman–Crippen LogP) is 4.47. The number of benzene rings is 1. The average Bonchev–Trinajstić information content (AvgIpc) is 3.07. The summed E-state index contributed by atoms with van der Waals surface area (Å²) >= 11 is 0. The summed E-state index contributed by atoms with van der Waals surface area (Å²) in [5, 5.41) is 1.08. The van der Waals surface area contributed by atoms with Gasteiger partial charge in [-0.15, -0.1) is 0 Å². The van der Waals surface area contributed by atoms with Crippen LogP contribution in [0.4, 0.5) is 10.3 Å². The normalized spacial score (nSPS) is 16.0. The molecule has 0 bridgehead atoms. The topological polar surface area (TPSA) is 42.2 Å². The number of para-hydroxylation sites is 1. The van der Waals surface area contributed by atoms with Crippen LogP contribution in [0, 0.1) is 5.92 Å². The van der Waals surface area contributed by atoms with Crippen molar-refractivity contribution in [1.82, 2.24) is 9.97 Å². The zero-order chi connectivity index (χ0) is 16.4. The summed E-state index contributed by atoms with van der Waals surface area (Å²) in [6, 6.07) is 9.94. The molecular weight excluding hydrogens is 305 g/mol. The van der Waals surface area contributed by atoms with Crippen molar-refractivity contribution in [2.45, 2.75) is 19.3 Å². The molecule has 0 radical (unpaired) electrons. The first-order valence-electron chi connectivity index (χ1n) is 8.45. The number of halogens is 1. The molecule has 2 aromatic heterocycles. The highest BCUT2D eigenvalue weighted by molar-refractivity contribution is 5.82. The first-order valence-corrected chi connectivity index (χ1v) is 8.45. The molecule has 1 aromatic carbocycles. The molecular formula is C19H20FN3O. The quantitative estimate of drug-likeness (QED) is 0.710. The molecule has 124 valence electrons. The van der Waals surface area contributed by atoms with E-state index in [1.54, 1.807) is 0 Å². The molecule has 3 aromatic rings. The van der Waals surface area contributed by atoms with E-state index in [1.165, 1.54) is 0 Å². The molecule has 0 N–H and O–H groups in total. The van der Waals surface area contributed by atoms with Crippen molar-refractivity contribution in [3.05, 3.63) is 42.7 Å². The van der Waals surface area contributed by atoms with E-state index in [1.807, 2.05) is 42.7 Å². The van der Waals surface area contributed by atoms with Crippen LogP contribution in [0.1, 0.15) is 19.3 Å². The smallest absolute Gasteiger partial charge is 0.225 e. The Balaban J connectivity index is 1.49. The zero-order valence-electron chi connectivity index (χ0n) is 13.5. The molecule has 4 nitrogen and oxygen atoms in total.